The molecule has 0 bridgehead atoms. The molecule has 4 heteroatoms. The fourth-order valence-corrected chi connectivity index (χ4v) is 2.42. The molecule has 1 aromatic heterocycles. The Kier molecular flexibility index (Phi) is 4.84. The Morgan fingerprint density at radius 3 is 2.35 bits per heavy atom. The van der Waals surface area contributed by atoms with Gasteiger partial charge in [0.25, 0.3) is 0 Å². The van der Waals surface area contributed by atoms with Crippen molar-refractivity contribution in [3.05, 3.63) is 11.4 Å². The molecule has 1 heterocycles. The first kappa shape index (κ1) is 15.1. The van der Waals surface area contributed by atoms with Crippen molar-refractivity contribution >= 4 is 11.6 Å². The van der Waals surface area contributed by atoms with Crippen LogP contribution in [0.25, 0.3) is 0 Å². The fraction of sp³-hybridized carbons (Fsp3) is 0.750. The van der Waals surface area contributed by atoms with Crippen molar-refractivity contribution in [2.45, 2.75) is 65.8 Å². The molecule has 1 saturated carbocycles. The highest BCUT2D eigenvalue weighted by Crippen LogP contribution is 2.34. The number of hydrogen-bond acceptors (Lipinski definition) is 4. The van der Waals surface area contributed by atoms with Crippen LogP contribution in [0.3, 0.4) is 0 Å². The average Bonchev–Trinajstić information content (AvgIpc) is 3.17. The van der Waals surface area contributed by atoms with Crippen molar-refractivity contribution in [2.75, 3.05) is 17.2 Å². The first-order valence-corrected chi connectivity index (χ1v) is 7.90. The predicted molar refractivity (Wildman–Crippen MR) is 85.4 cm³/mol. The normalized spacial score (nSPS) is 16.3. The lowest BCUT2D eigenvalue weighted by atomic mass is 10.1. The van der Waals surface area contributed by atoms with Gasteiger partial charge in [-0.15, -0.1) is 0 Å². The van der Waals surface area contributed by atoms with Crippen LogP contribution in [-0.2, 0) is 0 Å². The summed E-state index contributed by atoms with van der Waals surface area (Å²) in [7, 11) is 0. The van der Waals surface area contributed by atoms with E-state index in [9.17, 15) is 0 Å². The molecule has 1 aliphatic rings. The van der Waals surface area contributed by atoms with Gasteiger partial charge in [-0.05, 0) is 33.1 Å². The summed E-state index contributed by atoms with van der Waals surface area (Å²) in [5.74, 6) is 4.14. The van der Waals surface area contributed by atoms with Crippen LogP contribution >= 0.6 is 0 Å². The minimum absolute atomic E-state index is 0.340. The van der Waals surface area contributed by atoms with Gasteiger partial charge in [0.2, 0.25) is 0 Å². The smallest absolute Gasteiger partial charge is 0.135 e. The van der Waals surface area contributed by atoms with Gasteiger partial charge in [-0.2, -0.15) is 0 Å². The number of nitrogens with one attached hydrogen (secondary N) is 2. The van der Waals surface area contributed by atoms with E-state index in [-0.39, 0.29) is 0 Å². The zero-order chi connectivity index (χ0) is 14.7. The van der Waals surface area contributed by atoms with E-state index in [0.717, 1.165) is 35.5 Å². The second-order valence-corrected chi connectivity index (χ2v) is 6.31. The van der Waals surface area contributed by atoms with E-state index < -0.39 is 0 Å². The third-order valence-corrected chi connectivity index (χ3v) is 3.79. The highest BCUT2D eigenvalue weighted by atomic mass is 15.1. The molecule has 0 aromatic carbocycles. The van der Waals surface area contributed by atoms with E-state index in [4.69, 9.17) is 4.98 Å². The molecule has 1 aromatic rings. The Bertz CT molecular complexity index is 452. The minimum Gasteiger partial charge on any atom is -0.370 e. The Labute approximate surface area is 122 Å². The summed E-state index contributed by atoms with van der Waals surface area (Å²) in [5, 5.41) is 6.93. The van der Waals surface area contributed by atoms with Gasteiger partial charge in [0, 0.05) is 24.1 Å². The summed E-state index contributed by atoms with van der Waals surface area (Å²) in [6.45, 7) is 11.6. The highest BCUT2D eigenvalue weighted by Gasteiger charge is 2.24. The van der Waals surface area contributed by atoms with Gasteiger partial charge in [-0.25, -0.2) is 9.97 Å². The maximum absolute atomic E-state index is 4.72. The van der Waals surface area contributed by atoms with E-state index in [1.807, 2.05) is 0 Å². The van der Waals surface area contributed by atoms with Crippen molar-refractivity contribution < 1.29 is 0 Å². The largest absolute Gasteiger partial charge is 0.370 e. The van der Waals surface area contributed by atoms with Crippen molar-refractivity contribution in [3.63, 3.8) is 0 Å². The van der Waals surface area contributed by atoms with Crippen LogP contribution < -0.4 is 10.6 Å². The van der Waals surface area contributed by atoms with Crippen molar-refractivity contribution in [1.82, 2.24) is 9.97 Å². The lowest BCUT2D eigenvalue weighted by Crippen LogP contribution is -2.19. The predicted octanol–water partition coefficient (Wildman–Crippen LogP) is 3.94. The molecule has 2 N–H and O–H groups in total. The van der Waals surface area contributed by atoms with Crippen LogP contribution in [0, 0.1) is 12.8 Å². The topological polar surface area (TPSA) is 49.8 Å². The Balaban J connectivity index is 2.19. The van der Waals surface area contributed by atoms with Gasteiger partial charge >= 0.3 is 0 Å². The van der Waals surface area contributed by atoms with Crippen molar-refractivity contribution in [2.24, 2.45) is 5.92 Å². The lowest BCUT2D eigenvalue weighted by Gasteiger charge is -2.19. The molecule has 112 valence electrons. The highest BCUT2D eigenvalue weighted by molar-refractivity contribution is 5.57. The Morgan fingerprint density at radius 2 is 1.80 bits per heavy atom. The molecule has 1 unspecified atom stereocenters. The molecule has 0 spiro atoms. The molecular weight excluding hydrogens is 248 g/mol. The van der Waals surface area contributed by atoms with Gasteiger partial charge in [0.05, 0.1) is 0 Å². The molecule has 4 nitrogen and oxygen atoms in total. The SMILES string of the molecule is CCNc1nc(C(C)C)nc(NC(C)CC2CC2)c1C. The van der Waals surface area contributed by atoms with Crippen LogP contribution in [-0.4, -0.2) is 22.6 Å². The molecule has 2 rings (SSSR count). The number of anilines is 2. The average molecular weight is 276 g/mol. The van der Waals surface area contributed by atoms with Crippen molar-refractivity contribution in [1.29, 1.82) is 0 Å². The van der Waals surface area contributed by atoms with Crippen LogP contribution in [0.4, 0.5) is 11.6 Å². The summed E-state index contributed by atoms with van der Waals surface area (Å²) >= 11 is 0. The zero-order valence-corrected chi connectivity index (χ0v) is 13.5. The number of aromatic nitrogens is 2. The molecule has 1 fully saturated rings. The van der Waals surface area contributed by atoms with Gasteiger partial charge in [0.1, 0.15) is 17.5 Å². The lowest BCUT2D eigenvalue weighted by molar-refractivity contribution is 0.637. The maximum Gasteiger partial charge on any atom is 0.135 e. The first-order chi connectivity index (χ1) is 9.51. The Morgan fingerprint density at radius 1 is 1.15 bits per heavy atom. The number of hydrogen-bond donors (Lipinski definition) is 2. The third-order valence-electron chi connectivity index (χ3n) is 3.79. The molecule has 0 radical (unpaired) electrons. The van der Waals surface area contributed by atoms with Crippen LogP contribution in [0.1, 0.15) is 64.3 Å². The molecule has 20 heavy (non-hydrogen) atoms. The van der Waals surface area contributed by atoms with Crippen LogP contribution in [0.2, 0.25) is 0 Å². The first-order valence-electron chi connectivity index (χ1n) is 7.90. The van der Waals surface area contributed by atoms with Crippen LogP contribution in [0.5, 0.6) is 0 Å². The van der Waals surface area contributed by atoms with Crippen LogP contribution in [0.15, 0.2) is 0 Å². The van der Waals surface area contributed by atoms with Crippen molar-refractivity contribution in [3.8, 4) is 0 Å². The Hall–Kier alpha value is -1.32. The van der Waals surface area contributed by atoms with Gasteiger partial charge in [0.15, 0.2) is 0 Å². The second-order valence-electron chi connectivity index (χ2n) is 6.31. The summed E-state index contributed by atoms with van der Waals surface area (Å²) in [6.07, 6.45) is 4.04. The van der Waals surface area contributed by atoms with E-state index in [2.05, 4.69) is 50.2 Å². The van der Waals surface area contributed by atoms with Gasteiger partial charge < -0.3 is 10.6 Å². The standard InChI is InChI=1S/C16H28N4/c1-6-17-15-12(5)16(20-14(19-15)10(2)3)18-11(4)9-13-7-8-13/h10-11,13H,6-9H2,1-5H3,(H2,17,18,19,20). The maximum atomic E-state index is 4.72. The zero-order valence-electron chi connectivity index (χ0n) is 13.5. The summed E-state index contributed by atoms with van der Waals surface area (Å²) in [6, 6.07) is 0.477. The fourth-order valence-electron chi connectivity index (χ4n) is 2.42. The van der Waals surface area contributed by atoms with E-state index in [0.29, 0.717) is 12.0 Å². The minimum atomic E-state index is 0.340. The molecular formula is C16H28N4. The molecule has 0 aliphatic heterocycles. The van der Waals surface area contributed by atoms with Gasteiger partial charge in [-0.1, -0.05) is 26.7 Å². The summed E-state index contributed by atoms with van der Waals surface area (Å²) in [5.41, 5.74) is 1.12. The molecule has 0 amide bonds. The number of rotatable bonds is 7. The van der Waals surface area contributed by atoms with E-state index in [1.165, 1.54) is 19.3 Å². The monoisotopic (exact) mass is 276 g/mol. The summed E-state index contributed by atoms with van der Waals surface area (Å²) < 4.78 is 0. The molecule has 1 atom stereocenters. The van der Waals surface area contributed by atoms with E-state index in [1.54, 1.807) is 0 Å². The quantitative estimate of drug-likeness (QED) is 0.792. The van der Waals surface area contributed by atoms with E-state index >= 15 is 0 Å². The summed E-state index contributed by atoms with van der Waals surface area (Å²) in [4.78, 5) is 9.36. The number of nitrogens with zero attached hydrogens (tertiary/aromatic N) is 2. The third kappa shape index (κ3) is 3.84. The molecule has 1 aliphatic carbocycles. The van der Waals surface area contributed by atoms with Gasteiger partial charge in [-0.3, -0.25) is 0 Å². The molecule has 0 saturated heterocycles. The second kappa shape index (κ2) is 6.42.